The van der Waals surface area contributed by atoms with Gasteiger partial charge < -0.3 is 10.2 Å². The monoisotopic (exact) mass is 367 g/mol. The number of nitriles is 1. The van der Waals surface area contributed by atoms with Crippen molar-refractivity contribution >= 4 is 11.8 Å². The molecule has 0 saturated heterocycles. The fourth-order valence-electron chi connectivity index (χ4n) is 2.65. The molecule has 0 bridgehead atoms. The van der Waals surface area contributed by atoms with E-state index in [0.717, 1.165) is 5.56 Å². The molecule has 2 rings (SSSR count). The number of nitrogens with zero attached hydrogens (tertiary/aromatic N) is 2. The summed E-state index contributed by atoms with van der Waals surface area (Å²) in [4.78, 5) is 26.7. The van der Waals surface area contributed by atoms with Crippen LogP contribution in [0.1, 0.15) is 35.3 Å². The third-order valence-electron chi connectivity index (χ3n) is 4.22. The Hall–Kier alpha value is -3.20. The summed E-state index contributed by atoms with van der Waals surface area (Å²) in [6, 6.07) is 13.9. The maximum absolute atomic E-state index is 13.8. The Kier molecular flexibility index (Phi) is 6.67. The van der Waals surface area contributed by atoms with Crippen molar-refractivity contribution in [1.29, 1.82) is 5.26 Å². The molecule has 0 aromatic heterocycles. The van der Waals surface area contributed by atoms with Gasteiger partial charge in [0.25, 0.3) is 5.91 Å². The van der Waals surface area contributed by atoms with E-state index in [1.807, 2.05) is 19.9 Å². The van der Waals surface area contributed by atoms with Gasteiger partial charge in [0.1, 0.15) is 11.9 Å². The first-order chi connectivity index (χ1) is 12.8. The second-order valence-electron chi connectivity index (χ2n) is 6.68. The molecule has 0 radical (unpaired) electrons. The van der Waals surface area contributed by atoms with Crippen LogP contribution < -0.4 is 5.32 Å². The number of nitrogens with one attached hydrogen (secondary N) is 1. The zero-order valence-electron chi connectivity index (χ0n) is 15.6. The fourth-order valence-corrected chi connectivity index (χ4v) is 2.65. The van der Waals surface area contributed by atoms with Gasteiger partial charge in [0, 0.05) is 13.6 Å². The number of amides is 2. The van der Waals surface area contributed by atoms with Crippen LogP contribution in [0.25, 0.3) is 0 Å². The summed E-state index contributed by atoms with van der Waals surface area (Å²) in [6.45, 7) is 3.98. The third-order valence-corrected chi connectivity index (χ3v) is 4.22. The highest BCUT2D eigenvalue weighted by Crippen LogP contribution is 2.12. The van der Waals surface area contributed by atoms with Crippen molar-refractivity contribution in [3.05, 3.63) is 71.0 Å². The lowest BCUT2D eigenvalue weighted by Crippen LogP contribution is -2.50. The average molecular weight is 367 g/mol. The Morgan fingerprint density at radius 3 is 2.33 bits per heavy atom. The van der Waals surface area contributed by atoms with Gasteiger partial charge in [-0.25, -0.2) is 4.39 Å². The van der Waals surface area contributed by atoms with Crippen LogP contribution in [0.5, 0.6) is 0 Å². The van der Waals surface area contributed by atoms with E-state index in [0.29, 0.717) is 12.1 Å². The van der Waals surface area contributed by atoms with Crippen LogP contribution in [0.2, 0.25) is 0 Å². The first-order valence-corrected chi connectivity index (χ1v) is 8.63. The molecule has 2 amide bonds. The summed E-state index contributed by atoms with van der Waals surface area (Å²) in [6.07, 6.45) is 0. The van der Waals surface area contributed by atoms with E-state index < -0.39 is 17.8 Å². The standard InChI is InChI=1S/C21H22FN3O2/c1-14(2)19(24-20(26)17-6-4-5-7-18(17)22)21(27)25(3)13-16-10-8-15(12-23)9-11-16/h4-11,14,19H,13H2,1-3H3,(H,24,26). The number of hydrogen-bond donors (Lipinski definition) is 1. The highest BCUT2D eigenvalue weighted by molar-refractivity contribution is 5.97. The lowest BCUT2D eigenvalue weighted by molar-refractivity contribution is -0.133. The molecule has 0 aliphatic heterocycles. The molecule has 140 valence electrons. The van der Waals surface area contributed by atoms with E-state index in [-0.39, 0.29) is 17.4 Å². The topological polar surface area (TPSA) is 73.2 Å². The number of carbonyl (C=O) groups excluding carboxylic acids is 2. The van der Waals surface area contributed by atoms with Gasteiger partial charge in [-0.3, -0.25) is 9.59 Å². The molecular formula is C21H22FN3O2. The lowest BCUT2D eigenvalue weighted by Gasteiger charge is -2.27. The summed E-state index contributed by atoms with van der Waals surface area (Å²) in [7, 11) is 1.64. The molecule has 0 spiro atoms. The van der Waals surface area contributed by atoms with Crippen molar-refractivity contribution < 1.29 is 14.0 Å². The molecule has 0 fully saturated rings. The van der Waals surface area contributed by atoms with Crippen molar-refractivity contribution in [3.63, 3.8) is 0 Å². The Morgan fingerprint density at radius 2 is 1.78 bits per heavy atom. The van der Waals surface area contributed by atoms with Gasteiger partial charge in [-0.2, -0.15) is 5.26 Å². The Balaban J connectivity index is 2.10. The summed E-state index contributed by atoms with van der Waals surface area (Å²) in [5.41, 5.74) is 1.32. The van der Waals surface area contributed by atoms with Gasteiger partial charge in [-0.05, 0) is 35.7 Å². The van der Waals surface area contributed by atoms with Gasteiger partial charge in [-0.15, -0.1) is 0 Å². The second kappa shape index (κ2) is 8.95. The van der Waals surface area contributed by atoms with Crippen molar-refractivity contribution in [2.24, 2.45) is 5.92 Å². The van der Waals surface area contributed by atoms with Crippen molar-refractivity contribution in [3.8, 4) is 6.07 Å². The quantitative estimate of drug-likeness (QED) is 0.853. The minimum atomic E-state index is -0.777. The largest absolute Gasteiger partial charge is 0.340 e. The maximum Gasteiger partial charge on any atom is 0.254 e. The fraction of sp³-hybridized carbons (Fsp3) is 0.286. The zero-order chi connectivity index (χ0) is 20.0. The third kappa shape index (κ3) is 5.14. The number of benzene rings is 2. The van der Waals surface area contributed by atoms with E-state index in [1.165, 1.54) is 23.1 Å². The Labute approximate surface area is 158 Å². The SMILES string of the molecule is CC(C)C(NC(=O)c1ccccc1F)C(=O)N(C)Cc1ccc(C#N)cc1. The van der Waals surface area contributed by atoms with Crippen LogP contribution in [0.3, 0.4) is 0 Å². The number of rotatable bonds is 6. The molecule has 1 unspecified atom stereocenters. The summed E-state index contributed by atoms with van der Waals surface area (Å²) >= 11 is 0. The van der Waals surface area contributed by atoms with E-state index in [9.17, 15) is 14.0 Å². The summed E-state index contributed by atoms with van der Waals surface area (Å²) < 4.78 is 13.8. The Morgan fingerprint density at radius 1 is 1.15 bits per heavy atom. The lowest BCUT2D eigenvalue weighted by atomic mass is 10.0. The highest BCUT2D eigenvalue weighted by Gasteiger charge is 2.28. The van der Waals surface area contributed by atoms with Gasteiger partial charge in [-0.1, -0.05) is 38.1 Å². The van der Waals surface area contributed by atoms with Gasteiger partial charge >= 0.3 is 0 Å². The summed E-state index contributed by atoms with van der Waals surface area (Å²) in [5.74, 6) is -1.68. The minimum absolute atomic E-state index is 0.0919. The summed E-state index contributed by atoms with van der Waals surface area (Å²) in [5, 5.41) is 11.5. The number of likely N-dealkylation sites (N-methyl/N-ethyl adjacent to an activating group) is 1. The molecule has 0 heterocycles. The van der Waals surface area contributed by atoms with Crippen molar-refractivity contribution in [1.82, 2.24) is 10.2 Å². The highest BCUT2D eigenvalue weighted by atomic mass is 19.1. The molecule has 1 atom stereocenters. The molecule has 0 aliphatic carbocycles. The first-order valence-electron chi connectivity index (χ1n) is 8.63. The van der Waals surface area contributed by atoms with Crippen LogP contribution in [0, 0.1) is 23.1 Å². The Bertz CT molecular complexity index is 856. The van der Waals surface area contributed by atoms with Crippen LogP contribution in [0.15, 0.2) is 48.5 Å². The van der Waals surface area contributed by atoms with E-state index in [4.69, 9.17) is 5.26 Å². The molecular weight excluding hydrogens is 345 g/mol. The van der Waals surface area contributed by atoms with Gasteiger partial charge in [0.2, 0.25) is 5.91 Å². The predicted octanol–water partition coefficient (Wildman–Crippen LogP) is 3.11. The van der Waals surface area contributed by atoms with Crippen LogP contribution >= 0.6 is 0 Å². The van der Waals surface area contributed by atoms with Crippen LogP contribution in [0.4, 0.5) is 4.39 Å². The zero-order valence-corrected chi connectivity index (χ0v) is 15.6. The molecule has 27 heavy (non-hydrogen) atoms. The van der Waals surface area contributed by atoms with Crippen molar-refractivity contribution in [2.75, 3.05) is 7.05 Å². The molecule has 1 N–H and O–H groups in total. The molecule has 5 nitrogen and oxygen atoms in total. The van der Waals surface area contributed by atoms with Gasteiger partial charge in [0.05, 0.1) is 17.2 Å². The van der Waals surface area contributed by atoms with Crippen LogP contribution in [-0.2, 0) is 11.3 Å². The molecule has 6 heteroatoms. The molecule has 2 aromatic carbocycles. The maximum atomic E-state index is 13.8. The molecule has 0 saturated carbocycles. The minimum Gasteiger partial charge on any atom is -0.340 e. The van der Waals surface area contributed by atoms with Gasteiger partial charge in [0.15, 0.2) is 0 Å². The molecule has 2 aromatic rings. The molecule has 0 aliphatic rings. The van der Waals surface area contributed by atoms with E-state index >= 15 is 0 Å². The average Bonchev–Trinajstić information content (AvgIpc) is 2.66. The number of hydrogen-bond acceptors (Lipinski definition) is 3. The predicted molar refractivity (Wildman–Crippen MR) is 100 cm³/mol. The van der Waals surface area contributed by atoms with Crippen molar-refractivity contribution in [2.45, 2.75) is 26.4 Å². The number of carbonyl (C=O) groups is 2. The smallest absolute Gasteiger partial charge is 0.254 e. The van der Waals surface area contributed by atoms with Crippen LogP contribution in [-0.4, -0.2) is 29.8 Å². The normalized spacial score (nSPS) is 11.6. The second-order valence-corrected chi connectivity index (χ2v) is 6.68. The van der Waals surface area contributed by atoms with E-state index in [2.05, 4.69) is 5.32 Å². The van der Waals surface area contributed by atoms with E-state index in [1.54, 1.807) is 37.4 Å². The number of halogens is 1. The first kappa shape index (κ1) is 20.1.